The van der Waals surface area contributed by atoms with Crippen LogP contribution in [0, 0.1) is 0 Å². The third kappa shape index (κ3) is 3.38. The summed E-state index contributed by atoms with van der Waals surface area (Å²) in [5.74, 6) is -1.23. The van der Waals surface area contributed by atoms with Gasteiger partial charge in [-0.25, -0.2) is 0 Å². The number of allylic oxidation sites excluding steroid dienone is 3. The molecular formula is C10H12N2O3. The molecule has 1 rings (SSSR count). The Balaban J connectivity index is 2.59. The van der Waals surface area contributed by atoms with Gasteiger partial charge in [0.2, 0.25) is 17.7 Å². The van der Waals surface area contributed by atoms with E-state index in [0.29, 0.717) is 0 Å². The number of carbonyl (C=O) groups is 3. The van der Waals surface area contributed by atoms with Gasteiger partial charge in [0, 0.05) is 6.08 Å². The molecule has 0 aromatic rings. The van der Waals surface area contributed by atoms with Crippen molar-refractivity contribution >= 4 is 17.7 Å². The van der Waals surface area contributed by atoms with Crippen LogP contribution < -0.4 is 5.32 Å². The molecule has 5 heteroatoms. The number of piperazine rings is 1. The molecule has 0 radical (unpaired) electrons. The predicted molar refractivity (Wildman–Crippen MR) is 53.7 cm³/mol. The molecule has 0 spiro atoms. The van der Waals surface area contributed by atoms with Gasteiger partial charge >= 0.3 is 0 Å². The lowest BCUT2D eigenvalue weighted by Gasteiger charge is -2.23. The lowest BCUT2D eigenvalue weighted by Crippen LogP contribution is -2.52. The first kappa shape index (κ1) is 11.2. The molecule has 1 saturated heterocycles. The molecule has 0 saturated carbocycles. The minimum atomic E-state index is -0.445. The first-order valence-electron chi connectivity index (χ1n) is 4.54. The zero-order valence-corrected chi connectivity index (χ0v) is 8.40. The van der Waals surface area contributed by atoms with Crippen molar-refractivity contribution in [1.82, 2.24) is 10.2 Å². The van der Waals surface area contributed by atoms with Gasteiger partial charge in [-0.15, -0.1) is 0 Å². The second-order valence-corrected chi connectivity index (χ2v) is 3.05. The number of amides is 3. The molecule has 1 fully saturated rings. The highest BCUT2D eigenvalue weighted by molar-refractivity contribution is 6.04. The van der Waals surface area contributed by atoms with Crippen molar-refractivity contribution in [3.8, 4) is 0 Å². The third-order valence-electron chi connectivity index (χ3n) is 1.80. The average molecular weight is 208 g/mol. The predicted octanol–water partition coefficient (Wildman–Crippen LogP) is -0.396. The lowest BCUT2D eigenvalue weighted by atomic mass is 10.3. The summed E-state index contributed by atoms with van der Waals surface area (Å²) in [7, 11) is 0. The Labute approximate surface area is 87.4 Å². The van der Waals surface area contributed by atoms with E-state index in [9.17, 15) is 14.4 Å². The van der Waals surface area contributed by atoms with Crippen LogP contribution in [0.3, 0.4) is 0 Å². The summed E-state index contributed by atoms with van der Waals surface area (Å²) in [6.45, 7) is 1.70. The Morgan fingerprint density at radius 2 is 1.87 bits per heavy atom. The maximum Gasteiger partial charge on any atom is 0.247 e. The Bertz CT molecular complexity index is 329. The van der Waals surface area contributed by atoms with E-state index in [0.717, 1.165) is 0 Å². The maximum absolute atomic E-state index is 11.4. The molecule has 15 heavy (non-hydrogen) atoms. The highest BCUT2D eigenvalue weighted by atomic mass is 16.2. The fourth-order valence-electron chi connectivity index (χ4n) is 1.15. The molecule has 1 aliphatic heterocycles. The van der Waals surface area contributed by atoms with Crippen molar-refractivity contribution < 1.29 is 14.4 Å². The number of rotatable bonds is 2. The van der Waals surface area contributed by atoms with Gasteiger partial charge in [0.05, 0.1) is 0 Å². The minimum absolute atomic E-state index is 0.0647. The molecule has 0 atom stereocenters. The number of hydrogen-bond donors (Lipinski definition) is 1. The highest BCUT2D eigenvalue weighted by Gasteiger charge is 2.24. The van der Waals surface area contributed by atoms with Gasteiger partial charge in [0.15, 0.2) is 0 Å². The quantitative estimate of drug-likeness (QED) is 0.381. The van der Waals surface area contributed by atoms with E-state index in [2.05, 4.69) is 5.32 Å². The van der Waals surface area contributed by atoms with Crippen molar-refractivity contribution in [2.45, 2.75) is 6.92 Å². The lowest BCUT2D eigenvalue weighted by molar-refractivity contribution is -0.143. The van der Waals surface area contributed by atoms with Crippen molar-refractivity contribution in [2.75, 3.05) is 13.1 Å². The van der Waals surface area contributed by atoms with Crippen LogP contribution in [0.15, 0.2) is 24.3 Å². The van der Waals surface area contributed by atoms with Gasteiger partial charge < -0.3 is 4.90 Å². The zero-order chi connectivity index (χ0) is 11.3. The Morgan fingerprint density at radius 3 is 2.40 bits per heavy atom. The van der Waals surface area contributed by atoms with Crippen LogP contribution in [0.1, 0.15) is 6.92 Å². The first-order chi connectivity index (χ1) is 7.13. The highest BCUT2D eigenvalue weighted by Crippen LogP contribution is 1.96. The Kier molecular flexibility index (Phi) is 3.79. The molecule has 0 aromatic heterocycles. The van der Waals surface area contributed by atoms with Crippen LogP contribution in [0.2, 0.25) is 0 Å². The van der Waals surface area contributed by atoms with Crippen molar-refractivity contribution in [1.29, 1.82) is 0 Å². The Hall–Kier alpha value is -1.91. The smallest absolute Gasteiger partial charge is 0.247 e. The largest absolute Gasteiger partial charge is 0.321 e. The van der Waals surface area contributed by atoms with Gasteiger partial charge in [-0.3, -0.25) is 19.7 Å². The van der Waals surface area contributed by atoms with Crippen LogP contribution in [-0.4, -0.2) is 35.7 Å². The summed E-state index contributed by atoms with van der Waals surface area (Å²) in [6, 6.07) is 0. The van der Waals surface area contributed by atoms with Crippen molar-refractivity contribution in [3.05, 3.63) is 24.3 Å². The summed E-state index contributed by atoms with van der Waals surface area (Å²) in [6.07, 6.45) is 6.37. The third-order valence-corrected chi connectivity index (χ3v) is 1.80. The molecule has 80 valence electrons. The summed E-state index contributed by atoms with van der Waals surface area (Å²) >= 11 is 0. The van der Waals surface area contributed by atoms with Crippen LogP contribution >= 0.6 is 0 Å². The van der Waals surface area contributed by atoms with Crippen LogP contribution in [0.4, 0.5) is 0 Å². The molecule has 5 nitrogen and oxygen atoms in total. The standard InChI is InChI=1S/C10H12N2O3/c1-2-3-4-5-10(15)12-6-8(13)11-9(14)7-12/h2-5H,6-7H2,1H3,(H,11,13,14). The first-order valence-corrected chi connectivity index (χ1v) is 4.54. The maximum atomic E-state index is 11.4. The Morgan fingerprint density at radius 1 is 1.27 bits per heavy atom. The molecule has 0 bridgehead atoms. The van der Waals surface area contributed by atoms with E-state index < -0.39 is 11.8 Å². The molecular weight excluding hydrogens is 196 g/mol. The number of nitrogens with zero attached hydrogens (tertiary/aromatic N) is 1. The van der Waals surface area contributed by atoms with Gasteiger partial charge in [0.25, 0.3) is 0 Å². The second kappa shape index (κ2) is 5.09. The summed E-state index contributed by atoms with van der Waals surface area (Å²) < 4.78 is 0. The molecule has 1 N–H and O–H groups in total. The zero-order valence-electron chi connectivity index (χ0n) is 8.40. The van der Waals surface area contributed by atoms with E-state index in [1.54, 1.807) is 18.2 Å². The average Bonchev–Trinajstić information content (AvgIpc) is 2.16. The molecule has 0 aromatic carbocycles. The van der Waals surface area contributed by atoms with Crippen molar-refractivity contribution in [2.24, 2.45) is 0 Å². The van der Waals surface area contributed by atoms with Crippen molar-refractivity contribution in [3.63, 3.8) is 0 Å². The second-order valence-electron chi connectivity index (χ2n) is 3.05. The molecule has 3 amide bonds. The number of imide groups is 1. The van der Waals surface area contributed by atoms with Gasteiger partial charge in [-0.2, -0.15) is 0 Å². The normalized spacial score (nSPS) is 17.5. The number of nitrogens with one attached hydrogen (secondary N) is 1. The SMILES string of the molecule is CC=CC=CC(=O)N1CC(=O)NC(=O)C1. The van der Waals surface area contributed by atoms with E-state index >= 15 is 0 Å². The van der Waals surface area contributed by atoms with E-state index in [1.807, 2.05) is 6.92 Å². The number of carbonyl (C=O) groups excluding carboxylic acids is 3. The fourth-order valence-corrected chi connectivity index (χ4v) is 1.15. The monoisotopic (exact) mass is 208 g/mol. The number of hydrogen-bond acceptors (Lipinski definition) is 3. The topological polar surface area (TPSA) is 66.5 Å². The summed E-state index contributed by atoms with van der Waals surface area (Å²) in [5, 5.41) is 2.12. The molecule has 1 heterocycles. The van der Waals surface area contributed by atoms with E-state index in [-0.39, 0.29) is 19.0 Å². The minimum Gasteiger partial charge on any atom is -0.321 e. The van der Waals surface area contributed by atoms with E-state index in [4.69, 9.17) is 0 Å². The van der Waals surface area contributed by atoms with Gasteiger partial charge in [-0.05, 0) is 6.92 Å². The fraction of sp³-hybridized carbons (Fsp3) is 0.300. The van der Waals surface area contributed by atoms with Gasteiger partial charge in [-0.1, -0.05) is 18.2 Å². The van der Waals surface area contributed by atoms with E-state index in [1.165, 1.54) is 11.0 Å². The molecule has 1 aliphatic rings. The van der Waals surface area contributed by atoms with Crippen LogP contribution in [0.25, 0.3) is 0 Å². The van der Waals surface area contributed by atoms with Crippen LogP contribution in [-0.2, 0) is 14.4 Å². The summed E-state index contributed by atoms with van der Waals surface area (Å²) in [4.78, 5) is 34.5. The summed E-state index contributed by atoms with van der Waals surface area (Å²) in [5.41, 5.74) is 0. The molecule has 0 unspecified atom stereocenters. The van der Waals surface area contributed by atoms with Crippen LogP contribution in [0.5, 0.6) is 0 Å². The molecule has 0 aliphatic carbocycles. The van der Waals surface area contributed by atoms with Gasteiger partial charge in [0.1, 0.15) is 13.1 Å².